The molecule has 0 spiro atoms. The normalized spacial score (nSPS) is 18.3. The highest BCUT2D eigenvalue weighted by molar-refractivity contribution is 6.31. The Hall–Kier alpha value is -3.42. The van der Waals surface area contributed by atoms with Crippen LogP contribution in [0.3, 0.4) is 0 Å². The van der Waals surface area contributed by atoms with Gasteiger partial charge in [-0.15, -0.1) is 0 Å². The largest absolute Gasteiger partial charge is 0.497 e. The van der Waals surface area contributed by atoms with Crippen LogP contribution in [0.5, 0.6) is 5.75 Å². The highest BCUT2D eigenvalue weighted by atomic mass is 35.5. The highest BCUT2D eigenvalue weighted by Crippen LogP contribution is 2.36. The summed E-state index contributed by atoms with van der Waals surface area (Å²) in [7, 11) is 1.63. The molecule has 2 heterocycles. The first-order valence-corrected chi connectivity index (χ1v) is 12.4. The van der Waals surface area contributed by atoms with Crippen LogP contribution in [0.15, 0.2) is 77.9 Å². The SMILES string of the molecule is COc1cccc(C2=NN(C(=O)CN3CCN(c4ccccc4F)CC3)[C@H](c3ccccc3Cl)C2)c1. The maximum Gasteiger partial charge on any atom is 0.257 e. The molecular formula is C28H28ClFN4O2. The summed E-state index contributed by atoms with van der Waals surface area (Å²) in [5, 5.41) is 6.97. The van der Waals surface area contributed by atoms with Gasteiger partial charge in [0.05, 0.1) is 31.1 Å². The van der Waals surface area contributed by atoms with Crippen molar-refractivity contribution in [3.8, 4) is 5.75 Å². The number of hydrogen-bond donors (Lipinski definition) is 0. The highest BCUT2D eigenvalue weighted by Gasteiger charge is 2.35. The van der Waals surface area contributed by atoms with Gasteiger partial charge in [0.2, 0.25) is 0 Å². The Kier molecular flexibility index (Phi) is 7.20. The van der Waals surface area contributed by atoms with Crippen LogP contribution in [0.1, 0.15) is 23.6 Å². The zero-order valence-electron chi connectivity index (χ0n) is 20.1. The summed E-state index contributed by atoms with van der Waals surface area (Å²) in [5.74, 6) is 0.431. The molecule has 8 heteroatoms. The van der Waals surface area contributed by atoms with Crippen molar-refractivity contribution in [3.63, 3.8) is 0 Å². The molecule has 186 valence electrons. The number of halogens is 2. The summed E-state index contributed by atoms with van der Waals surface area (Å²) >= 11 is 6.54. The van der Waals surface area contributed by atoms with Crippen LogP contribution < -0.4 is 9.64 Å². The topological polar surface area (TPSA) is 48.4 Å². The van der Waals surface area contributed by atoms with Crippen LogP contribution in [0, 0.1) is 5.82 Å². The number of carbonyl (C=O) groups is 1. The van der Waals surface area contributed by atoms with E-state index < -0.39 is 0 Å². The summed E-state index contributed by atoms with van der Waals surface area (Å²) in [5.41, 5.74) is 3.21. The fraction of sp³-hybridized carbons (Fsp3) is 0.286. The van der Waals surface area contributed by atoms with E-state index in [-0.39, 0.29) is 24.3 Å². The van der Waals surface area contributed by atoms with Gasteiger partial charge in [0.15, 0.2) is 0 Å². The van der Waals surface area contributed by atoms with E-state index in [9.17, 15) is 9.18 Å². The third-order valence-corrected chi connectivity index (χ3v) is 7.10. The molecule has 0 saturated carbocycles. The number of benzene rings is 3. The Balaban J connectivity index is 1.33. The van der Waals surface area contributed by atoms with Crippen molar-refractivity contribution in [3.05, 3.63) is 94.8 Å². The van der Waals surface area contributed by atoms with E-state index in [0.717, 1.165) is 22.6 Å². The number of rotatable bonds is 6. The Morgan fingerprint density at radius 1 is 1.03 bits per heavy atom. The zero-order valence-corrected chi connectivity index (χ0v) is 20.9. The number of hydrazone groups is 1. The molecule has 0 aliphatic carbocycles. The van der Waals surface area contributed by atoms with Crippen LogP contribution in [0.2, 0.25) is 5.02 Å². The first-order valence-electron chi connectivity index (χ1n) is 12.0. The van der Waals surface area contributed by atoms with Crippen molar-refractivity contribution in [2.75, 3.05) is 44.7 Å². The number of piperazine rings is 1. The molecule has 0 unspecified atom stereocenters. The molecule has 0 radical (unpaired) electrons. The predicted molar refractivity (Wildman–Crippen MR) is 140 cm³/mol. The zero-order chi connectivity index (χ0) is 25.1. The van der Waals surface area contributed by atoms with E-state index in [1.807, 2.05) is 59.5 Å². The van der Waals surface area contributed by atoms with Gasteiger partial charge in [-0.25, -0.2) is 9.40 Å². The molecule has 0 N–H and O–H groups in total. The summed E-state index contributed by atoms with van der Waals surface area (Å²) < 4.78 is 19.6. The minimum absolute atomic E-state index is 0.0860. The van der Waals surface area contributed by atoms with Crippen molar-refractivity contribution < 1.29 is 13.9 Å². The molecule has 3 aromatic rings. The molecular weight excluding hydrogens is 479 g/mol. The van der Waals surface area contributed by atoms with E-state index >= 15 is 0 Å². The average Bonchev–Trinajstić information content (AvgIpc) is 3.35. The van der Waals surface area contributed by atoms with Gasteiger partial charge in [0.1, 0.15) is 11.6 Å². The lowest BCUT2D eigenvalue weighted by atomic mass is 9.98. The van der Waals surface area contributed by atoms with Gasteiger partial charge >= 0.3 is 0 Å². The number of nitrogens with zero attached hydrogens (tertiary/aromatic N) is 4. The fourth-order valence-electron chi connectivity index (χ4n) is 4.82. The molecule has 1 atom stereocenters. The number of para-hydroxylation sites is 1. The molecule has 5 rings (SSSR count). The molecule has 1 amide bonds. The molecule has 3 aromatic carbocycles. The number of carbonyl (C=O) groups excluding carboxylic acids is 1. The lowest BCUT2D eigenvalue weighted by molar-refractivity contribution is -0.134. The first kappa shape index (κ1) is 24.3. The van der Waals surface area contributed by atoms with E-state index in [4.69, 9.17) is 21.4 Å². The van der Waals surface area contributed by atoms with E-state index in [1.165, 1.54) is 6.07 Å². The number of anilines is 1. The van der Waals surface area contributed by atoms with E-state index in [2.05, 4.69) is 4.90 Å². The molecule has 1 saturated heterocycles. The number of ether oxygens (including phenoxy) is 1. The molecule has 36 heavy (non-hydrogen) atoms. The van der Waals surface area contributed by atoms with Gasteiger partial charge in [-0.3, -0.25) is 9.69 Å². The summed E-state index contributed by atoms with van der Waals surface area (Å²) in [6, 6.07) is 21.8. The van der Waals surface area contributed by atoms with Crippen molar-refractivity contribution in [1.82, 2.24) is 9.91 Å². The molecule has 1 fully saturated rings. The average molecular weight is 507 g/mol. The monoisotopic (exact) mass is 506 g/mol. The first-order chi connectivity index (χ1) is 17.5. The quantitative estimate of drug-likeness (QED) is 0.473. The summed E-state index contributed by atoms with van der Waals surface area (Å²) in [6.45, 7) is 2.87. The van der Waals surface area contributed by atoms with Crippen LogP contribution in [-0.2, 0) is 4.79 Å². The maximum absolute atomic E-state index is 14.2. The molecule has 2 aliphatic rings. The Morgan fingerprint density at radius 3 is 2.53 bits per heavy atom. The lowest BCUT2D eigenvalue weighted by Crippen LogP contribution is -2.49. The van der Waals surface area contributed by atoms with Crippen molar-refractivity contribution in [2.45, 2.75) is 12.5 Å². The standard InChI is InChI=1S/C28H28ClFN4O2/c1-36-21-8-6-7-20(17-21)25-18-27(22-9-2-3-10-23(22)29)34(31-25)28(35)19-32-13-15-33(16-14-32)26-12-5-4-11-24(26)30/h2-12,17,27H,13-16,18-19H2,1H3/t27-/m0/s1. The van der Waals surface area contributed by atoms with Gasteiger partial charge in [0, 0.05) is 43.2 Å². The van der Waals surface area contributed by atoms with Gasteiger partial charge in [-0.1, -0.05) is 54.1 Å². The van der Waals surface area contributed by atoms with Crippen molar-refractivity contribution >= 4 is 28.9 Å². The molecule has 6 nitrogen and oxygen atoms in total. The summed E-state index contributed by atoms with van der Waals surface area (Å²) in [6.07, 6.45) is 0.559. The second-order valence-electron chi connectivity index (χ2n) is 8.97. The van der Waals surface area contributed by atoms with Gasteiger partial charge in [-0.2, -0.15) is 5.10 Å². The maximum atomic E-state index is 14.2. The minimum atomic E-state index is -0.285. The molecule has 0 bridgehead atoms. The van der Waals surface area contributed by atoms with Gasteiger partial charge in [0.25, 0.3) is 5.91 Å². The third-order valence-electron chi connectivity index (χ3n) is 6.76. The Bertz CT molecular complexity index is 1280. The van der Waals surface area contributed by atoms with E-state index in [0.29, 0.717) is 43.3 Å². The van der Waals surface area contributed by atoms with E-state index in [1.54, 1.807) is 24.3 Å². The van der Waals surface area contributed by atoms with Crippen LogP contribution in [0.25, 0.3) is 0 Å². The predicted octanol–water partition coefficient (Wildman–Crippen LogP) is 4.99. The van der Waals surface area contributed by atoms with Crippen LogP contribution >= 0.6 is 11.6 Å². The van der Waals surface area contributed by atoms with Gasteiger partial charge in [-0.05, 0) is 35.9 Å². The molecule has 2 aliphatic heterocycles. The van der Waals surface area contributed by atoms with Crippen molar-refractivity contribution in [1.29, 1.82) is 0 Å². The van der Waals surface area contributed by atoms with Crippen molar-refractivity contribution in [2.24, 2.45) is 5.10 Å². The van der Waals surface area contributed by atoms with Crippen LogP contribution in [0.4, 0.5) is 10.1 Å². The smallest absolute Gasteiger partial charge is 0.257 e. The number of hydrogen-bond acceptors (Lipinski definition) is 5. The third kappa shape index (κ3) is 5.08. The van der Waals surface area contributed by atoms with Crippen LogP contribution in [-0.4, -0.2) is 61.4 Å². The fourth-order valence-corrected chi connectivity index (χ4v) is 5.09. The van der Waals surface area contributed by atoms with Gasteiger partial charge < -0.3 is 9.64 Å². The molecule has 0 aromatic heterocycles. The minimum Gasteiger partial charge on any atom is -0.497 e. The Labute approximate surface area is 215 Å². The second-order valence-corrected chi connectivity index (χ2v) is 9.38. The lowest BCUT2D eigenvalue weighted by Gasteiger charge is -2.36. The number of amides is 1. The Morgan fingerprint density at radius 2 is 1.78 bits per heavy atom. The number of methoxy groups -OCH3 is 1. The second kappa shape index (κ2) is 10.7. The summed E-state index contributed by atoms with van der Waals surface area (Å²) in [4.78, 5) is 17.7.